The number of benzene rings is 2. The second-order valence-electron chi connectivity index (χ2n) is 6.79. The van der Waals surface area contributed by atoms with E-state index < -0.39 is 4.87 Å². The normalized spacial score (nSPS) is 21.5. The van der Waals surface area contributed by atoms with Crippen LogP contribution in [0.4, 0.5) is 5.69 Å². The van der Waals surface area contributed by atoms with Crippen molar-refractivity contribution in [2.75, 3.05) is 17.2 Å². The fraction of sp³-hybridized carbons (Fsp3) is 0.333. The smallest absolute Gasteiger partial charge is 0.268 e. The summed E-state index contributed by atoms with van der Waals surface area (Å²) in [6.45, 7) is 5.05. The highest BCUT2D eigenvalue weighted by Crippen LogP contribution is 2.54. The third-order valence-corrected chi connectivity index (χ3v) is 6.59. The topological polar surface area (TPSA) is 40.6 Å². The summed E-state index contributed by atoms with van der Waals surface area (Å²) in [5.74, 6) is 0.823. The molecule has 0 saturated carbocycles. The third kappa shape index (κ3) is 2.45. The van der Waals surface area contributed by atoms with Gasteiger partial charge in [0.05, 0.1) is 12.2 Å². The molecule has 0 unspecified atom stereocenters. The van der Waals surface area contributed by atoms with Crippen molar-refractivity contribution >= 4 is 29.3 Å². The zero-order chi connectivity index (χ0) is 18.3. The van der Waals surface area contributed by atoms with E-state index in [-0.39, 0.29) is 11.8 Å². The van der Waals surface area contributed by atoms with E-state index in [0.29, 0.717) is 19.5 Å². The molecular formula is C21H22N2O2S. The van der Waals surface area contributed by atoms with Gasteiger partial charge in [-0.3, -0.25) is 9.59 Å². The molecule has 1 fully saturated rings. The lowest BCUT2D eigenvalue weighted by molar-refractivity contribution is -0.139. The van der Waals surface area contributed by atoms with E-state index in [2.05, 4.69) is 31.2 Å². The van der Waals surface area contributed by atoms with Crippen molar-refractivity contribution in [3.8, 4) is 0 Å². The van der Waals surface area contributed by atoms with Crippen LogP contribution in [0.1, 0.15) is 30.0 Å². The second-order valence-corrected chi connectivity index (χ2v) is 8.07. The lowest BCUT2D eigenvalue weighted by atomic mass is 10.1. The van der Waals surface area contributed by atoms with Gasteiger partial charge in [0, 0.05) is 24.3 Å². The zero-order valence-electron chi connectivity index (χ0n) is 15.1. The van der Waals surface area contributed by atoms with Crippen molar-refractivity contribution in [3.05, 3.63) is 65.2 Å². The molecule has 5 heteroatoms. The summed E-state index contributed by atoms with van der Waals surface area (Å²) in [4.78, 5) is 28.9. The number of hydrogen-bond acceptors (Lipinski definition) is 3. The summed E-state index contributed by atoms with van der Waals surface area (Å²) in [6.07, 6.45) is 0.412. The summed E-state index contributed by atoms with van der Waals surface area (Å²) in [7, 11) is 0. The van der Waals surface area contributed by atoms with Gasteiger partial charge in [0.15, 0.2) is 4.87 Å². The summed E-state index contributed by atoms with van der Waals surface area (Å²) in [5.41, 5.74) is 4.15. The van der Waals surface area contributed by atoms with E-state index in [4.69, 9.17) is 0 Å². The van der Waals surface area contributed by atoms with Crippen LogP contribution in [0.15, 0.2) is 48.5 Å². The maximum atomic E-state index is 13.6. The number of rotatable bonds is 3. The molecular weight excluding hydrogens is 344 g/mol. The number of carbonyl (C=O) groups excluding carboxylic acids is 2. The molecule has 4 rings (SSSR count). The Balaban J connectivity index is 1.78. The standard InChI is InChI=1S/C21H22N2O2S/c1-3-19(24)23-12-13-26-21(23)17-6-4-5-7-18(17)22(20(21)25)14-16-10-8-15(2)9-11-16/h4-11H,3,12-14H2,1-2H3/t21-/m0/s1. The summed E-state index contributed by atoms with van der Waals surface area (Å²) < 4.78 is 0. The van der Waals surface area contributed by atoms with Gasteiger partial charge < -0.3 is 9.80 Å². The van der Waals surface area contributed by atoms with Gasteiger partial charge in [-0.15, -0.1) is 11.8 Å². The summed E-state index contributed by atoms with van der Waals surface area (Å²) in [5, 5.41) is 0. The highest BCUT2D eigenvalue weighted by molar-refractivity contribution is 8.01. The quantitative estimate of drug-likeness (QED) is 0.832. The van der Waals surface area contributed by atoms with Gasteiger partial charge in [-0.2, -0.15) is 0 Å². The Kier molecular flexibility index (Phi) is 4.27. The van der Waals surface area contributed by atoms with Crippen LogP contribution in [0.25, 0.3) is 0 Å². The molecule has 2 aliphatic heterocycles. The monoisotopic (exact) mass is 366 g/mol. The van der Waals surface area contributed by atoms with Crippen LogP contribution >= 0.6 is 11.8 Å². The summed E-state index contributed by atoms with van der Waals surface area (Å²) >= 11 is 1.59. The Morgan fingerprint density at radius 2 is 1.88 bits per heavy atom. The van der Waals surface area contributed by atoms with Crippen molar-refractivity contribution in [1.82, 2.24) is 4.90 Å². The van der Waals surface area contributed by atoms with Crippen LogP contribution in [0.3, 0.4) is 0 Å². The zero-order valence-corrected chi connectivity index (χ0v) is 15.9. The van der Waals surface area contributed by atoms with E-state index in [1.807, 2.05) is 36.1 Å². The van der Waals surface area contributed by atoms with Crippen molar-refractivity contribution < 1.29 is 9.59 Å². The Bertz CT molecular complexity index is 865. The first-order chi connectivity index (χ1) is 12.6. The number of aryl methyl sites for hydroxylation is 1. The Morgan fingerprint density at radius 1 is 1.15 bits per heavy atom. The first-order valence-electron chi connectivity index (χ1n) is 8.99. The molecule has 0 aromatic heterocycles. The first kappa shape index (κ1) is 17.2. The van der Waals surface area contributed by atoms with Gasteiger partial charge in [-0.25, -0.2) is 0 Å². The van der Waals surface area contributed by atoms with E-state index in [0.717, 1.165) is 22.6 Å². The first-order valence-corrected chi connectivity index (χ1v) is 9.98. The van der Waals surface area contributed by atoms with E-state index in [1.54, 1.807) is 16.7 Å². The van der Waals surface area contributed by atoms with Crippen LogP contribution < -0.4 is 4.90 Å². The maximum Gasteiger partial charge on any atom is 0.268 e. The van der Waals surface area contributed by atoms with Gasteiger partial charge in [0.1, 0.15) is 0 Å². The maximum absolute atomic E-state index is 13.6. The van der Waals surface area contributed by atoms with Gasteiger partial charge in [-0.1, -0.05) is 55.0 Å². The highest BCUT2D eigenvalue weighted by atomic mass is 32.2. The molecule has 4 nitrogen and oxygen atoms in total. The number of amides is 2. The van der Waals surface area contributed by atoms with Crippen molar-refractivity contribution in [3.63, 3.8) is 0 Å². The van der Waals surface area contributed by atoms with E-state index >= 15 is 0 Å². The fourth-order valence-corrected chi connectivity index (χ4v) is 5.33. The number of fused-ring (bicyclic) bond motifs is 2. The van der Waals surface area contributed by atoms with Crippen molar-refractivity contribution in [1.29, 1.82) is 0 Å². The number of thioether (sulfide) groups is 1. The number of nitrogens with zero attached hydrogens (tertiary/aromatic N) is 2. The minimum absolute atomic E-state index is 0.00331. The molecule has 26 heavy (non-hydrogen) atoms. The minimum Gasteiger partial charge on any atom is -0.315 e. The van der Waals surface area contributed by atoms with Crippen LogP contribution in [0.2, 0.25) is 0 Å². The van der Waals surface area contributed by atoms with Gasteiger partial charge in [0.25, 0.3) is 5.91 Å². The molecule has 1 saturated heterocycles. The predicted octanol–water partition coefficient (Wildman–Crippen LogP) is 3.68. The lowest BCUT2D eigenvalue weighted by Crippen LogP contribution is -2.50. The summed E-state index contributed by atoms with van der Waals surface area (Å²) in [6, 6.07) is 16.2. The Morgan fingerprint density at radius 3 is 2.62 bits per heavy atom. The number of anilines is 1. The Labute approximate surface area is 158 Å². The molecule has 2 aromatic carbocycles. The van der Waals surface area contributed by atoms with Crippen LogP contribution in [0, 0.1) is 6.92 Å². The van der Waals surface area contributed by atoms with E-state index in [9.17, 15) is 9.59 Å². The fourth-order valence-electron chi connectivity index (χ4n) is 3.85. The average molecular weight is 366 g/mol. The molecule has 0 aliphatic carbocycles. The van der Waals surface area contributed by atoms with Crippen LogP contribution in [0.5, 0.6) is 0 Å². The lowest BCUT2D eigenvalue weighted by Gasteiger charge is -2.33. The third-order valence-electron chi connectivity index (χ3n) is 5.17. The molecule has 2 heterocycles. The minimum atomic E-state index is -0.894. The molecule has 1 atom stereocenters. The average Bonchev–Trinajstić information content (AvgIpc) is 3.20. The second kappa shape index (κ2) is 6.47. The molecule has 2 aromatic rings. The number of hydrogen-bond donors (Lipinski definition) is 0. The SMILES string of the molecule is CCC(=O)N1CCS[C@@]12C(=O)N(Cc1ccc(C)cc1)c1ccccc12. The van der Waals surface area contributed by atoms with Gasteiger partial charge in [-0.05, 0) is 18.6 Å². The van der Waals surface area contributed by atoms with Gasteiger partial charge in [0.2, 0.25) is 5.91 Å². The van der Waals surface area contributed by atoms with Crippen LogP contribution in [-0.4, -0.2) is 29.0 Å². The molecule has 2 aliphatic rings. The number of carbonyl (C=O) groups is 2. The molecule has 2 amide bonds. The van der Waals surface area contributed by atoms with Crippen molar-refractivity contribution in [2.24, 2.45) is 0 Å². The molecule has 134 valence electrons. The number of para-hydroxylation sites is 1. The largest absolute Gasteiger partial charge is 0.315 e. The molecule has 1 spiro atoms. The molecule has 0 N–H and O–H groups in total. The van der Waals surface area contributed by atoms with E-state index in [1.165, 1.54) is 5.56 Å². The predicted molar refractivity (Wildman–Crippen MR) is 105 cm³/mol. The van der Waals surface area contributed by atoms with Gasteiger partial charge >= 0.3 is 0 Å². The molecule has 0 bridgehead atoms. The molecule has 0 radical (unpaired) electrons. The Hall–Kier alpha value is -2.27. The van der Waals surface area contributed by atoms with Crippen molar-refractivity contribution in [2.45, 2.75) is 31.7 Å². The highest BCUT2D eigenvalue weighted by Gasteiger charge is 2.58. The van der Waals surface area contributed by atoms with Crippen LogP contribution in [-0.2, 0) is 21.0 Å².